The first-order valence-electron chi connectivity index (χ1n) is 4.56. The summed E-state index contributed by atoms with van der Waals surface area (Å²) in [6.45, 7) is 3.43. The topological polar surface area (TPSA) is 65.2 Å². The normalized spacial score (nSPS) is 12.8. The van der Waals surface area contributed by atoms with E-state index in [4.69, 9.17) is 9.26 Å². The molecular formula is C9H14N2O3. The van der Waals surface area contributed by atoms with Crippen molar-refractivity contribution in [2.75, 3.05) is 7.11 Å². The number of hydrogen-bond acceptors (Lipinski definition) is 5. The number of nitrogens with zero attached hydrogens (tertiary/aromatic N) is 2. The third-order valence-corrected chi connectivity index (χ3v) is 1.87. The number of Topliss-reactive ketones (excluding diaryl/α,β-unsaturated/α-hetero) is 1. The maximum Gasteiger partial charge on any atom is 0.293 e. The molecule has 0 bridgehead atoms. The van der Waals surface area contributed by atoms with Gasteiger partial charge >= 0.3 is 0 Å². The van der Waals surface area contributed by atoms with Crippen molar-refractivity contribution in [3.8, 4) is 0 Å². The molecule has 0 N–H and O–H groups in total. The van der Waals surface area contributed by atoms with Crippen LogP contribution in [0.3, 0.4) is 0 Å². The summed E-state index contributed by atoms with van der Waals surface area (Å²) in [4.78, 5) is 14.8. The minimum atomic E-state index is -0.227. The first-order chi connectivity index (χ1) is 6.69. The highest BCUT2D eigenvalue weighted by Crippen LogP contribution is 2.18. The second kappa shape index (κ2) is 4.85. The van der Waals surface area contributed by atoms with Crippen LogP contribution in [-0.2, 0) is 4.74 Å². The standard InChI is InChI=1S/C9H14N2O3/c1-4-5-7(13-3)8-10-9(6(2)12)14-11-8/h7H,4-5H2,1-3H3. The second-order valence-electron chi connectivity index (χ2n) is 3.03. The van der Waals surface area contributed by atoms with Crippen LogP contribution in [0.2, 0.25) is 0 Å². The number of methoxy groups -OCH3 is 1. The fourth-order valence-electron chi connectivity index (χ4n) is 1.12. The predicted molar refractivity (Wildman–Crippen MR) is 49.0 cm³/mol. The number of ketones is 1. The Morgan fingerprint density at radius 3 is 2.79 bits per heavy atom. The Kier molecular flexibility index (Phi) is 3.76. The lowest BCUT2D eigenvalue weighted by atomic mass is 10.2. The highest BCUT2D eigenvalue weighted by atomic mass is 16.5. The second-order valence-corrected chi connectivity index (χ2v) is 3.03. The molecule has 5 nitrogen and oxygen atoms in total. The summed E-state index contributed by atoms with van der Waals surface area (Å²) in [5.74, 6) is 0.257. The van der Waals surface area contributed by atoms with Gasteiger partial charge in [-0.25, -0.2) is 0 Å². The number of rotatable bonds is 5. The maximum atomic E-state index is 10.9. The molecule has 0 saturated heterocycles. The summed E-state index contributed by atoms with van der Waals surface area (Å²) >= 11 is 0. The van der Waals surface area contributed by atoms with E-state index in [1.165, 1.54) is 6.92 Å². The van der Waals surface area contributed by atoms with Gasteiger partial charge in [0.05, 0.1) is 0 Å². The van der Waals surface area contributed by atoms with Crippen LogP contribution in [0.4, 0.5) is 0 Å². The monoisotopic (exact) mass is 198 g/mol. The smallest absolute Gasteiger partial charge is 0.293 e. The lowest BCUT2D eigenvalue weighted by molar-refractivity contribution is 0.0853. The average molecular weight is 198 g/mol. The molecule has 0 spiro atoms. The van der Waals surface area contributed by atoms with Gasteiger partial charge in [-0.1, -0.05) is 18.5 Å². The fraction of sp³-hybridized carbons (Fsp3) is 0.667. The third-order valence-electron chi connectivity index (χ3n) is 1.87. The Hall–Kier alpha value is -1.23. The van der Waals surface area contributed by atoms with E-state index in [0.717, 1.165) is 12.8 Å². The summed E-state index contributed by atoms with van der Waals surface area (Å²) in [5, 5.41) is 3.70. The molecule has 1 unspecified atom stereocenters. The van der Waals surface area contributed by atoms with Crippen molar-refractivity contribution in [2.45, 2.75) is 32.8 Å². The lowest BCUT2D eigenvalue weighted by Gasteiger charge is -2.08. The van der Waals surface area contributed by atoms with Crippen LogP contribution in [0.15, 0.2) is 4.52 Å². The van der Waals surface area contributed by atoms with Gasteiger partial charge in [-0.3, -0.25) is 4.79 Å². The summed E-state index contributed by atoms with van der Waals surface area (Å²) in [6, 6.07) is 0. The number of ether oxygens (including phenoxy) is 1. The van der Waals surface area contributed by atoms with E-state index in [-0.39, 0.29) is 17.8 Å². The number of hydrogen-bond donors (Lipinski definition) is 0. The number of carbonyl (C=O) groups is 1. The molecule has 0 aliphatic carbocycles. The zero-order valence-electron chi connectivity index (χ0n) is 8.61. The zero-order chi connectivity index (χ0) is 10.6. The van der Waals surface area contributed by atoms with Gasteiger partial charge in [0.1, 0.15) is 6.10 Å². The van der Waals surface area contributed by atoms with E-state index in [0.29, 0.717) is 5.82 Å². The molecule has 0 aromatic carbocycles. The molecule has 1 heterocycles. The van der Waals surface area contributed by atoms with Gasteiger partial charge in [0.15, 0.2) is 0 Å². The van der Waals surface area contributed by atoms with E-state index in [1.807, 2.05) is 6.92 Å². The molecule has 0 aliphatic rings. The number of carbonyl (C=O) groups excluding carboxylic acids is 1. The minimum Gasteiger partial charge on any atom is -0.373 e. The molecule has 1 aromatic heterocycles. The van der Waals surface area contributed by atoms with Crippen molar-refractivity contribution in [3.05, 3.63) is 11.7 Å². The first-order valence-corrected chi connectivity index (χ1v) is 4.56. The van der Waals surface area contributed by atoms with E-state index in [9.17, 15) is 4.79 Å². The molecule has 0 aliphatic heterocycles. The maximum absolute atomic E-state index is 10.9. The van der Waals surface area contributed by atoms with Crippen molar-refractivity contribution in [2.24, 2.45) is 0 Å². The van der Waals surface area contributed by atoms with Crippen LogP contribution in [0.1, 0.15) is 49.3 Å². The molecule has 1 rings (SSSR count). The minimum absolute atomic E-state index is 0.0400. The van der Waals surface area contributed by atoms with Gasteiger partial charge in [0.2, 0.25) is 11.6 Å². The molecule has 1 aromatic rings. The van der Waals surface area contributed by atoms with E-state index in [1.54, 1.807) is 7.11 Å². The van der Waals surface area contributed by atoms with Gasteiger partial charge in [-0.05, 0) is 6.42 Å². The Labute approximate surface area is 82.4 Å². The van der Waals surface area contributed by atoms with Gasteiger partial charge in [-0.15, -0.1) is 0 Å². The first kappa shape index (κ1) is 10.8. The van der Waals surface area contributed by atoms with Crippen LogP contribution < -0.4 is 0 Å². The van der Waals surface area contributed by atoms with Crippen molar-refractivity contribution in [3.63, 3.8) is 0 Å². The summed E-state index contributed by atoms with van der Waals surface area (Å²) < 4.78 is 9.94. The summed E-state index contributed by atoms with van der Waals surface area (Å²) in [6.07, 6.45) is 1.59. The van der Waals surface area contributed by atoms with Gasteiger partial charge < -0.3 is 9.26 Å². The van der Waals surface area contributed by atoms with E-state index >= 15 is 0 Å². The van der Waals surface area contributed by atoms with E-state index in [2.05, 4.69) is 10.1 Å². The van der Waals surface area contributed by atoms with Crippen molar-refractivity contribution >= 4 is 5.78 Å². The van der Waals surface area contributed by atoms with Gasteiger partial charge in [0, 0.05) is 14.0 Å². The van der Waals surface area contributed by atoms with Crippen molar-refractivity contribution in [1.29, 1.82) is 0 Å². The largest absolute Gasteiger partial charge is 0.373 e. The molecule has 0 amide bonds. The molecule has 0 fully saturated rings. The molecule has 78 valence electrons. The van der Waals surface area contributed by atoms with Crippen LogP contribution in [-0.4, -0.2) is 23.0 Å². The summed E-state index contributed by atoms with van der Waals surface area (Å²) in [7, 11) is 1.59. The molecule has 5 heteroatoms. The molecule has 0 saturated carbocycles. The van der Waals surface area contributed by atoms with Crippen molar-refractivity contribution < 1.29 is 14.1 Å². The Balaban J connectivity index is 2.78. The van der Waals surface area contributed by atoms with E-state index < -0.39 is 0 Å². The average Bonchev–Trinajstić information content (AvgIpc) is 2.63. The Morgan fingerprint density at radius 2 is 2.36 bits per heavy atom. The fourth-order valence-corrected chi connectivity index (χ4v) is 1.12. The van der Waals surface area contributed by atoms with Crippen LogP contribution in [0.5, 0.6) is 0 Å². The molecule has 1 atom stereocenters. The van der Waals surface area contributed by atoms with Gasteiger partial charge in [-0.2, -0.15) is 4.98 Å². The SMILES string of the molecule is CCCC(OC)c1noc(C(C)=O)n1. The third kappa shape index (κ3) is 2.38. The quantitative estimate of drug-likeness (QED) is 0.674. The Bertz CT molecular complexity index is 309. The molecule has 14 heavy (non-hydrogen) atoms. The van der Waals surface area contributed by atoms with Crippen LogP contribution in [0.25, 0.3) is 0 Å². The van der Waals surface area contributed by atoms with Crippen LogP contribution in [0, 0.1) is 0 Å². The zero-order valence-corrected chi connectivity index (χ0v) is 8.61. The van der Waals surface area contributed by atoms with Crippen LogP contribution >= 0.6 is 0 Å². The van der Waals surface area contributed by atoms with Gasteiger partial charge in [0.25, 0.3) is 5.89 Å². The Morgan fingerprint density at radius 1 is 1.64 bits per heavy atom. The predicted octanol–water partition coefficient (Wildman–Crippen LogP) is 1.76. The number of aromatic nitrogens is 2. The lowest BCUT2D eigenvalue weighted by Crippen LogP contribution is -2.03. The molecule has 0 radical (unpaired) electrons. The highest BCUT2D eigenvalue weighted by Gasteiger charge is 2.18. The highest BCUT2D eigenvalue weighted by molar-refractivity contribution is 5.89. The summed E-state index contributed by atoms with van der Waals surface area (Å²) in [5.41, 5.74) is 0. The molecular weight excluding hydrogens is 184 g/mol. The van der Waals surface area contributed by atoms with Crippen molar-refractivity contribution in [1.82, 2.24) is 10.1 Å².